The van der Waals surface area contributed by atoms with Gasteiger partial charge in [0.25, 0.3) is 0 Å². The molecule has 96 valence electrons. The van der Waals surface area contributed by atoms with E-state index in [0.29, 0.717) is 10.6 Å². The fraction of sp³-hybridized carbons (Fsp3) is 0.133. The first-order valence-electron chi connectivity index (χ1n) is 5.82. The number of halogens is 2. The summed E-state index contributed by atoms with van der Waals surface area (Å²) in [5, 5.41) is 12.9. The third kappa shape index (κ3) is 3.50. The standard InChI is InChI=1S/C15H12BrClN2/c1-10(14-6-5-12(16)8-15(14)17)19-13-4-2-3-11(7-13)9-18/h2-8,10,19H,1H3. The highest BCUT2D eigenvalue weighted by Crippen LogP contribution is 2.28. The van der Waals surface area contributed by atoms with E-state index in [9.17, 15) is 0 Å². The number of anilines is 1. The van der Waals surface area contributed by atoms with Gasteiger partial charge < -0.3 is 5.32 Å². The topological polar surface area (TPSA) is 35.8 Å². The highest BCUT2D eigenvalue weighted by atomic mass is 79.9. The molecule has 0 fully saturated rings. The number of hydrogen-bond donors (Lipinski definition) is 1. The predicted molar refractivity (Wildman–Crippen MR) is 82.3 cm³/mol. The summed E-state index contributed by atoms with van der Waals surface area (Å²) in [5.74, 6) is 0. The van der Waals surface area contributed by atoms with Crippen LogP contribution >= 0.6 is 27.5 Å². The molecule has 1 N–H and O–H groups in total. The molecular weight excluding hydrogens is 324 g/mol. The Balaban J connectivity index is 2.20. The van der Waals surface area contributed by atoms with Crippen LogP contribution < -0.4 is 5.32 Å². The van der Waals surface area contributed by atoms with Crippen molar-refractivity contribution in [3.8, 4) is 6.07 Å². The fourth-order valence-corrected chi connectivity index (χ4v) is 2.70. The molecule has 19 heavy (non-hydrogen) atoms. The largest absolute Gasteiger partial charge is 0.378 e. The molecule has 0 aliphatic rings. The van der Waals surface area contributed by atoms with Crippen molar-refractivity contribution in [2.45, 2.75) is 13.0 Å². The zero-order valence-electron chi connectivity index (χ0n) is 10.3. The van der Waals surface area contributed by atoms with Crippen LogP contribution in [0.25, 0.3) is 0 Å². The molecule has 0 bridgehead atoms. The maximum absolute atomic E-state index is 8.88. The first-order chi connectivity index (χ1) is 9.10. The summed E-state index contributed by atoms with van der Waals surface area (Å²) in [5.41, 5.74) is 2.57. The van der Waals surface area contributed by atoms with Gasteiger partial charge in [-0.25, -0.2) is 0 Å². The molecule has 2 rings (SSSR count). The molecule has 1 atom stereocenters. The van der Waals surface area contributed by atoms with Crippen molar-refractivity contribution in [2.24, 2.45) is 0 Å². The average Bonchev–Trinajstić information content (AvgIpc) is 2.38. The number of nitriles is 1. The van der Waals surface area contributed by atoms with E-state index in [1.807, 2.05) is 43.3 Å². The van der Waals surface area contributed by atoms with Gasteiger partial charge in [0.2, 0.25) is 0 Å². The van der Waals surface area contributed by atoms with Gasteiger partial charge in [-0.1, -0.05) is 39.7 Å². The maximum atomic E-state index is 8.88. The number of nitrogens with one attached hydrogen (secondary N) is 1. The number of nitrogens with zero attached hydrogens (tertiary/aromatic N) is 1. The van der Waals surface area contributed by atoms with Gasteiger partial charge in [0.15, 0.2) is 0 Å². The van der Waals surface area contributed by atoms with Crippen molar-refractivity contribution >= 4 is 33.2 Å². The smallest absolute Gasteiger partial charge is 0.0992 e. The molecule has 0 saturated carbocycles. The molecule has 0 saturated heterocycles. The Morgan fingerprint density at radius 1 is 1.26 bits per heavy atom. The monoisotopic (exact) mass is 334 g/mol. The Labute approximate surface area is 126 Å². The Morgan fingerprint density at radius 2 is 2.05 bits per heavy atom. The average molecular weight is 336 g/mol. The van der Waals surface area contributed by atoms with Crippen LogP contribution in [0.1, 0.15) is 24.1 Å². The SMILES string of the molecule is CC(Nc1cccc(C#N)c1)c1ccc(Br)cc1Cl. The number of rotatable bonds is 3. The number of benzene rings is 2. The summed E-state index contributed by atoms with van der Waals surface area (Å²) in [4.78, 5) is 0. The lowest BCUT2D eigenvalue weighted by molar-refractivity contribution is 0.884. The summed E-state index contributed by atoms with van der Waals surface area (Å²) < 4.78 is 0.958. The van der Waals surface area contributed by atoms with E-state index in [-0.39, 0.29) is 6.04 Å². The van der Waals surface area contributed by atoms with Crippen molar-refractivity contribution in [1.82, 2.24) is 0 Å². The van der Waals surface area contributed by atoms with Crippen LogP contribution in [0.3, 0.4) is 0 Å². The van der Waals surface area contributed by atoms with Gasteiger partial charge in [-0.15, -0.1) is 0 Å². The zero-order chi connectivity index (χ0) is 13.8. The molecule has 0 aliphatic carbocycles. The van der Waals surface area contributed by atoms with E-state index in [1.165, 1.54) is 0 Å². The Hall–Kier alpha value is -1.50. The van der Waals surface area contributed by atoms with Gasteiger partial charge >= 0.3 is 0 Å². The van der Waals surface area contributed by atoms with E-state index >= 15 is 0 Å². The molecular formula is C15H12BrClN2. The predicted octanol–water partition coefficient (Wildman–Crippen LogP) is 5.15. The lowest BCUT2D eigenvalue weighted by atomic mass is 10.1. The third-order valence-electron chi connectivity index (χ3n) is 2.80. The van der Waals surface area contributed by atoms with E-state index in [2.05, 4.69) is 27.3 Å². The van der Waals surface area contributed by atoms with Crippen LogP contribution in [0.15, 0.2) is 46.9 Å². The van der Waals surface area contributed by atoms with E-state index in [0.717, 1.165) is 15.7 Å². The van der Waals surface area contributed by atoms with Crippen molar-refractivity contribution in [3.05, 3.63) is 63.1 Å². The van der Waals surface area contributed by atoms with Crippen molar-refractivity contribution in [1.29, 1.82) is 5.26 Å². The molecule has 0 aromatic heterocycles. The zero-order valence-corrected chi connectivity index (χ0v) is 12.7. The van der Waals surface area contributed by atoms with Crippen LogP contribution in [0.2, 0.25) is 5.02 Å². The van der Waals surface area contributed by atoms with Crippen LogP contribution in [-0.2, 0) is 0 Å². The highest BCUT2D eigenvalue weighted by molar-refractivity contribution is 9.10. The normalized spacial score (nSPS) is 11.7. The van der Waals surface area contributed by atoms with Crippen molar-refractivity contribution < 1.29 is 0 Å². The molecule has 2 aromatic carbocycles. The summed E-state index contributed by atoms with van der Waals surface area (Å²) in [6.45, 7) is 2.04. The molecule has 0 heterocycles. The molecule has 0 radical (unpaired) electrons. The van der Waals surface area contributed by atoms with E-state index in [1.54, 1.807) is 6.07 Å². The van der Waals surface area contributed by atoms with Gasteiger partial charge in [0.05, 0.1) is 11.6 Å². The van der Waals surface area contributed by atoms with Crippen LogP contribution in [-0.4, -0.2) is 0 Å². The van der Waals surface area contributed by atoms with Gasteiger partial charge in [-0.3, -0.25) is 0 Å². The lowest BCUT2D eigenvalue weighted by Gasteiger charge is -2.17. The van der Waals surface area contributed by atoms with E-state index < -0.39 is 0 Å². The minimum Gasteiger partial charge on any atom is -0.378 e. The Kier molecular flexibility index (Phi) is 4.47. The Bertz CT molecular complexity index is 634. The van der Waals surface area contributed by atoms with E-state index in [4.69, 9.17) is 16.9 Å². The fourth-order valence-electron chi connectivity index (χ4n) is 1.86. The summed E-state index contributed by atoms with van der Waals surface area (Å²) in [7, 11) is 0. The minimum atomic E-state index is 0.0644. The molecule has 1 unspecified atom stereocenters. The molecule has 0 spiro atoms. The van der Waals surface area contributed by atoms with Crippen molar-refractivity contribution in [3.63, 3.8) is 0 Å². The molecule has 4 heteroatoms. The first-order valence-corrected chi connectivity index (χ1v) is 6.99. The maximum Gasteiger partial charge on any atom is 0.0992 e. The lowest BCUT2D eigenvalue weighted by Crippen LogP contribution is -2.07. The van der Waals surface area contributed by atoms with Crippen LogP contribution in [0.4, 0.5) is 5.69 Å². The van der Waals surface area contributed by atoms with Gasteiger partial charge in [0.1, 0.15) is 0 Å². The molecule has 2 aromatic rings. The molecule has 2 nitrogen and oxygen atoms in total. The minimum absolute atomic E-state index is 0.0644. The molecule has 0 amide bonds. The third-order valence-corrected chi connectivity index (χ3v) is 3.62. The summed E-state index contributed by atoms with van der Waals surface area (Å²) in [6, 6.07) is 15.4. The number of hydrogen-bond acceptors (Lipinski definition) is 2. The highest BCUT2D eigenvalue weighted by Gasteiger charge is 2.10. The second kappa shape index (κ2) is 6.10. The van der Waals surface area contributed by atoms with Crippen molar-refractivity contribution in [2.75, 3.05) is 5.32 Å². The Morgan fingerprint density at radius 3 is 2.74 bits per heavy atom. The van der Waals surface area contributed by atoms with Gasteiger partial charge in [-0.2, -0.15) is 5.26 Å². The van der Waals surface area contributed by atoms with Crippen LogP contribution in [0, 0.1) is 11.3 Å². The summed E-state index contributed by atoms with van der Waals surface area (Å²) in [6.07, 6.45) is 0. The van der Waals surface area contributed by atoms with Crippen LogP contribution in [0.5, 0.6) is 0 Å². The summed E-state index contributed by atoms with van der Waals surface area (Å²) >= 11 is 9.62. The quantitative estimate of drug-likeness (QED) is 0.842. The van der Waals surface area contributed by atoms with Gasteiger partial charge in [-0.05, 0) is 42.8 Å². The second-order valence-corrected chi connectivity index (χ2v) is 5.55. The first kappa shape index (κ1) is 13.9. The van der Waals surface area contributed by atoms with Gasteiger partial charge in [0, 0.05) is 21.2 Å². The second-order valence-electron chi connectivity index (χ2n) is 4.22. The molecule has 0 aliphatic heterocycles.